The number of nitrogens with zero attached hydrogens (tertiary/aromatic N) is 1. The first kappa shape index (κ1) is 11.8. The molecule has 72 valence electrons. The molecule has 3 nitrogen and oxygen atoms in total. The number of hydrogen-bond acceptors (Lipinski definition) is 1. The fraction of sp³-hybridized carbons (Fsp3) is 0.222. The molecule has 0 bridgehead atoms. The minimum atomic E-state index is 0. The molecule has 2 N–H and O–H groups in total. The van der Waals surface area contributed by atoms with E-state index in [9.17, 15) is 0 Å². The molecule has 0 saturated heterocycles. The number of amidine groups is 1. The number of nitrogens with two attached hydrogens (primary N) is 1. The third-order valence-electron chi connectivity index (χ3n) is 1.68. The van der Waals surface area contributed by atoms with Crippen LogP contribution in [0.5, 0.6) is 0 Å². The van der Waals surface area contributed by atoms with Crippen molar-refractivity contribution in [2.24, 2.45) is 5.73 Å². The standard InChI is InChI=1S/C9H12N2O.ClH/c1-11(12-2)9(10)8-6-4-3-5-7-8;/h3-7,10H,1-2H3;1H. The third kappa shape index (κ3) is 2.95. The van der Waals surface area contributed by atoms with Crippen molar-refractivity contribution in [3.05, 3.63) is 35.9 Å². The Bertz CT molecular complexity index is 285. The van der Waals surface area contributed by atoms with Gasteiger partial charge in [-0.2, -0.15) is 0 Å². The van der Waals surface area contributed by atoms with Crippen molar-refractivity contribution in [3.63, 3.8) is 0 Å². The molecule has 1 rings (SSSR count). The Morgan fingerprint density at radius 3 is 2.31 bits per heavy atom. The molecular weight excluding hydrogens is 188 g/mol. The van der Waals surface area contributed by atoms with Gasteiger partial charge in [-0.25, -0.2) is 0 Å². The molecule has 0 radical (unpaired) electrons. The van der Waals surface area contributed by atoms with Gasteiger partial charge in [0.25, 0.3) is 0 Å². The van der Waals surface area contributed by atoms with Gasteiger partial charge in [-0.1, -0.05) is 22.9 Å². The lowest BCUT2D eigenvalue weighted by Gasteiger charge is -2.00. The summed E-state index contributed by atoms with van der Waals surface area (Å²) in [5, 5.41) is 0. The largest absolute Gasteiger partial charge is 1.00 e. The van der Waals surface area contributed by atoms with Crippen LogP contribution in [-0.2, 0) is 4.84 Å². The highest BCUT2D eigenvalue weighted by atomic mass is 35.5. The van der Waals surface area contributed by atoms with Crippen LogP contribution in [0.1, 0.15) is 5.56 Å². The summed E-state index contributed by atoms with van der Waals surface area (Å²) in [6.07, 6.45) is 0. The first-order valence-corrected chi connectivity index (χ1v) is 3.71. The van der Waals surface area contributed by atoms with Gasteiger partial charge >= 0.3 is 5.84 Å². The highest BCUT2D eigenvalue weighted by Gasteiger charge is 2.06. The molecule has 1 aromatic carbocycles. The van der Waals surface area contributed by atoms with E-state index in [1.807, 2.05) is 30.3 Å². The summed E-state index contributed by atoms with van der Waals surface area (Å²) >= 11 is 0. The van der Waals surface area contributed by atoms with Crippen LogP contribution in [0.25, 0.3) is 0 Å². The highest BCUT2D eigenvalue weighted by molar-refractivity contribution is 5.93. The van der Waals surface area contributed by atoms with Crippen molar-refractivity contribution >= 4 is 5.84 Å². The lowest BCUT2D eigenvalue weighted by molar-refractivity contribution is -0.760. The normalized spacial score (nSPS) is 11.2. The van der Waals surface area contributed by atoms with Crippen molar-refractivity contribution in [1.29, 1.82) is 0 Å². The van der Waals surface area contributed by atoms with Crippen LogP contribution in [0.15, 0.2) is 30.3 Å². The fourth-order valence-corrected chi connectivity index (χ4v) is 0.889. The van der Waals surface area contributed by atoms with Gasteiger partial charge in [0.05, 0.1) is 5.56 Å². The Morgan fingerprint density at radius 2 is 1.85 bits per heavy atom. The van der Waals surface area contributed by atoms with E-state index in [0.717, 1.165) is 5.56 Å². The predicted octanol–water partition coefficient (Wildman–Crippen LogP) is -2.40. The van der Waals surface area contributed by atoms with Crippen molar-refractivity contribution in [3.8, 4) is 0 Å². The van der Waals surface area contributed by atoms with Crippen molar-refractivity contribution in [2.45, 2.75) is 0 Å². The Balaban J connectivity index is 0.00000144. The third-order valence-corrected chi connectivity index (χ3v) is 1.68. The van der Waals surface area contributed by atoms with Crippen molar-refractivity contribution in [2.75, 3.05) is 14.2 Å². The Labute approximate surface area is 84.2 Å². The Hall–Kier alpha value is -1.22. The number of hydrogen-bond donors (Lipinski definition) is 1. The molecule has 13 heavy (non-hydrogen) atoms. The van der Waals surface area contributed by atoms with Gasteiger partial charge in [-0.15, -0.1) is 0 Å². The van der Waals surface area contributed by atoms with Crippen LogP contribution < -0.4 is 18.1 Å². The maximum absolute atomic E-state index is 5.77. The topological polar surface area (TPSA) is 38.3 Å². The number of hydroxylamine groups is 1. The van der Waals surface area contributed by atoms with Crippen LogP contribution in [0.3, 0.4) is 0 Å². The lowest BCUT2D eigenvalue weighted by atomic mass is 10.2. The van der Waals surface area contributed by atoms with Crippen LogP contribution in [0.4, 0.5) is 0 Å². The summed E-state index contributed by atoms with van der Waals surface area (Å²) in [7, 11) is 3.35. The SMILES string of the molecule is CO/[N+](C)=C(\N)c1ccccc1.[Cl-]. The summed E-state index contributed by atoms with van der Waals surface area (Å²) in [4.78, 5) is 4.94. The van der Waals surface area contributed by atoms with Gasteiger partial charge in [0, 0.05) is 0 Å². The van der Waals surface area contributed by atoms with Gasteiger partial charge in [-0.3, -0.25) is 5.73 Å². The van der Waals surface area contributed by atoms with Crippen LogP contribution >= 0.6 is 0 Å². The van der Waals surface area contributed by atoms with E-state index in [2.05, 4.69) is 0 Å². The summed E-state index contributed by atoms with van der Waals surface area (Å²) in [5.41, 5.74) is 6.73. The molecule has 0 saturated carbocycles. The van der Waals surface area contributed by atoms with Crippen molar-refractivity contribution < 1.29 is 22.0 Å². The minimum absolute atomic E-state index is 0. The monoisotopic (exact) mass is 200 g/mol. The van der Waals surface area contributed by atoms with E-state index in [1.165, 1.54) is 4.74 Å². The summed E-state index contributed by atoms with van der Waals surface area (Å²) in [6, 6.07) is 9.69. The average Bonchev–Trinajstić information content (AvgIpc) is 2.17. The lowest BCUT2D eigenvalue weighted by Crippen LogP contribution is -3.00. The molecule has 0 fully saturated rings. The zero-order valence-electron chi connectivity index (χ0n) is 7.70. The van der Waals surface area contributed by atoms with Crippen LogP contribution in [-0.4, -0.2) is 24.7 Å². The van der Waals surface area contributed by atoms with E-state index < -0.39 is 0 Å². The van der Waals surface area contributed by atoms with E-state index >= 15 is 0 Å². The Kier molecular flexibility index (Phi) is 4.92. The molecule has 0 aliphatic rings. The molecule has 4 heteroatoms. The second-order valence-corrected chi connectivity index (χ2v) is 2.43. The Morgan fingerprint density at radius 1 is 1.31 bits per heavy atom. The van der Waals surface area contributed by atoms with Gasteiger partial charge < -0.3 is 17.2 Å². The zero-order valence-corrected chi connectivity index (χ0v) is 8.45. The van der Waals surface area contributed by atoms with Crippen LogP contribution in [0.2, 0.25) is 0 Å². The van der Waals surface area contributed by atoms with Gasteiger partial charge in [0.15, 0.2) is 0 Å². The van der Waals surface area contributed by atoms with E-state index in [-0.39, 0.29) is 12.4 Å². The van der Waals surface area contributed by atoms with Crippen molar-refractivity contribution in [1.82, 2.24) is 0 Å². The average molecular weight is 201 g/mol. The predicted molar refractivity (Wildman–Crippen MR) is 47.9 cm³/mol. The second kappa shape index (κ2) is 5.43. The highest BCUT2D eigenvalue weighted by Crippen LogP contribution is 1.96. The van der Waals surface area contributed by atoms with Gasteiger partial charge in [0.1, 0.15) is 14.2 Å². The molecule has 0 heterocycles. The number of halogens is 1. The van der Waals surface area contributed by atoms with E-state index in [1.54, 1.807) is 14.2 Å². The van der Waals surface area contributed by atoms with E-state index in [4.69, 9.17) is 10.6 Å². The molecule has 0 spiro atoms. The van der Waals surface area contributed by atoms with Gasteiger partial charge in [0.2, 0.25) is 0 Å². The molecule has 0 aliphatic heterocycles. The van der Waals surface area contributed by atoms with E-state index in [0.29, 0.717) is 5.84 Å². The number of rotatable bonds is 2. The molecule has 1 aromatic rings. The maximum Gasteiger partial charge on any atom is 0.313 e. The smallest absolute Gasteiger partial charge is 0.313 e. The first-order chi connectivity index (χ1) is 5.75. The quantitative estimate of drug-likeness (QED) is 0.250. The summed E-state index contributed by atoms with van der Waals surface area (Å²) in [5.74, 6) is 0.609. The molecule has 0 aliphatic carbocycles. The molecule has 0 atom stereocenters. The summed E-state index contributed by atoms with van der Waals surface area (Å²) in [6.45, 7) is 0. The molecule has 0 aromatic heterocycles. The second-order valence-electron chi connectivity index (χ2n) is 2.43. The summed E-state index contributed by atoms with van der Waals surface area (Å²) < 4.78 is 1.52. The van der Waals surface area contributed by atoms with Crippen LogP contribution in [0, 0.1) is 0 Å². The number of benzene rings is 1. The first-order valence-electron chi connectivity index (χ1n) is 3.71. The zero-order chi connectivity index (χ0) is 8.97. The molecular formula is C9H13ClN2O. The van der Waals surface area contributed by atoms with Gasteiger partial charge in [-0.05, 0) is 12.1 Å². The fourth-order valence-electron chi connectivity index (χ4n) is 0.889. The maximum atomic E-state index is 5.77. The minimum Gasteiger partial charge on any atom is -1.00 e. The molecule has 0 amide bonds. The molecule has 0 unspecified atom stereocenters.